The van der Waals surface area contributed by atoms with Gasteiger partial charge in [-0.1, -0.05) is 13.8 Å². The number of amides is 2. The van der Waals surface area contributed by atoms with Gasteiger partial charge < -0.3 is 15.3 Å². The van der Waals surface area contributed by atoms with Crippen molar-refractivity contribution >= 4 is 17.8 Å². The van der Waals surface area contributed by atoms with E-state index in [9.17, 15) is 19.5 Å². The lowest BCUT2D eigenvalue weighted by Crippen LogP contribution is -2.43. The zero-order valence-electron chi connectivity index (χ0n) is 11.0. The molecule has 0 saturated carbocycles. The summed E-state index contributed by atoms with van der Waals surface area (Å²) >= 11 is 0. The predicted octanol–water partition coefficient (Wildman–Crippen LogP) is 0.0818. The Balaban J connectivity index is 2.67. The fraction of sp³-hybridized carbons (Fsp3) is 0.750. The normalized spacial score (nSPS) is 23.2. The summed E-state index contributed by atoms with van der Waals surface area (Å²) in [5.41, 5.74) is -0.855. The van der Waals surface area contributed by atoms with Crippen molar-refractivity contribution in [2.75, 3.05) is 19.6 Å². The summed E-state index contributed by atoms with van der Waals surface area (Å²) in [6.45, 7) is 5.64. The summed E-state index contributed by atoms with van der Waals surface area (Å²) in [5.74, 6) is -1.38. The topological polar surface area (TPSA) is 86.7 Å². The van der Waals surface area contributed by atoms with Crippen molar-refractivity contribution in [3.8, 4) is 0 Å². The van der Waals surface area contributed by atoms with Crippen LogP contribution in [0.4, 0.5) is 0 Å². The summed E-state index contributed by atoms with van der Waals surface area (Å²) in [5, 5.41) is 11.8. The largest absolute Gasteiger partial charge is 0.481 e. The molecule has 1 heterocycles. The minimum Gasteiger partial charge on any atom is -0.481 e. The second-order valence-corrected chi connectivity index (χ2v) is 5.09. The molecule has 1 atom stereocenters. The average Bonchev–Trinajstić information content (AvgIpc) is 2.71. The van der Waals surface area contributed by atoms with E-state index in [2.05, 4.69) is 5.32 Å². The third-order valence-electron chi connectivity index (χ3n) is 3.67. The van der Waals surface area contributed by atoms with Crippen LogP contribution in [0.1, 0.15) is 27.2 Å². The molecule has 1 fully saturated rings. The van der Waals surface area contributed by atoms with Crippen LogP contribution in [0, 0.1) is 11.3 Å². The monoisotopic (exact) mass is 256 g/mol. The number of likely N-dealkylation sites (tertiary alicyclic amines) is 1. The average molecular weight is 256 g/mol. The second kappa shape index (κ2) is 5.37. The van der Waals surface area contributed by atoms with Gasteiger partial charge in [-0.3, -0.25) is 14.4 Å². The van der Waals surface area contributed by atoms with Crippen LogP contribution in [0.3, 0.4) is 0 Å². The fourth-order valence-electron chi connectivity index (χ4n) is 2.25. The third-order valence-corrected chi connectivity index (χ3v) is 3.67. The first kappa shape index (κ1) is 14.5. The number of nitrogens with zero attached hydrogens (tertiary/aromatic N) is 1. The molecule has 0 radical (unpaired) electrons. The number of carboxylic acids is 1. The molecule has 0 bridgehead atoms. The molecule has 6 nitrogen and oxygen atoms in total. The lowest BCUT2D eigenvalue weighted by atomic mass is 9.76. The first-order valence-electron chi connectivity index (χ1n) is 6.05. The van der Waals surface area contributed by atoms with E-state index in [1.54, 1.807) is 0 Å². The van der Waals surface area contributed by atoms with E-state index in [4.69, 9.17) is 0 Å². The van der Waals surface area contributed by atoms with Gasteiger partial charge >= 0.3 is 5.97 Å². The Hall–Kier alpha value is -1.59. The molecule has 6 heteroatoms. The van der Waals surface area contributed by atoms with Crippen molar-refractivity contribution in [2.45, 2.75) is 27.2 Å². The highest BCUT2D eigenvalue weighted by molar-refractivity contribution is 5.85. The Morgan fingerprint density at radius 3 is 2.39 bits per heavy atom. The van der Waals surface area contributed by atoms with E-state index >= 15 is 0 Å². The molecule has 18 heavy (non-hydrogen) atoms. The van der Waals surface area contributed by atoms with Crippen LogP contribution in [-0.4, -0.2) is 47.4 Å². The quantitative estimate of drug-likeness (QED) is 0.746. The van der Waals surface area contributed by atoms with Crippen LogP contribution in [0.25, 0.3) is 0 Å². The molecule has 2 N–H and O–H groups in total. The van der Waals surface area contributed by atoms with Gasteiger partial charge in [0.1, 0.15) is 0 Å². The molecule has 102 valence electrons. The van der Waals surface area contributed by atoms with Gasteiger partial charge in [0.25, 0.3) is 0 Å². The number of carbonyl (C=O) groups is 3. The summed E-state index contributed by atoms with van der Waals surface area (Å²) in [6, 6.07) is 0. The van der Waals surface area contributed by atoms with Crippen molar-refractivity contribution < 1.29 is 19.5 Å². The molecule has 0 aromatic carbocycles. The van der Waals surface area contributed by atoms with E-state index in [1.807, 2.05) is 13.8 Å². The predicted molar refractivity (Wildman–Crippen MR) is 64.8 cm³/mol. The van der Waals surface area contributed by atoms with Gasteiger partial charge in [0.2, 0.25) is 11.8 Å². The van der Waals surface area contributed by atoms with Crippen LogP contribution in [-0.2, 0) is 14.4 Å². The smallest absolute Gasteiger partial charge is 0.311 e. The van der Waals surface area contributed by atoms with Gasteiger partial charge in [-0.2, -0.15) is 0 Å². The zero-order valence-corrected chi connectivity index (χ0v) is 11.0. The highest BCUT2D eigenvalue weighted by atomic mass is 16.4. The summed E-state index contributed by atoms with van der Waals surface area (Å²) in [4.78, 5) is 35.4. The molecule has 0 spiro atoms. The molecule has 0 aromatic rings. The van der Waals surface area contributed by atoms with Gasteiger partial charge in [-0.15, -0.1) is 0 Å². The van der Waals surface area contributed by atoms with Crippen molar-refractivity contribution in [3.05, 3.63) is 0 Å². The lowest BCUT2D eigenvalue weighted by molar-refractivity contribution is -0.151. The van der Waals surface area contributed by atoms with Gasteiger partial charge in [0.05, 0.1) is 12.0 Å². The van der Waals surface area contributed by atoms with E-state index < -0.39 is 11.4 Å². The first-order valence-corrected chi connectivity index (χ1v) is 6.05. The molecule has 0 aliphatic carbocycles. The van der Waals surface area contributed by atoms with Crippen molar-refractivity contribution in [3.63, 3.8) is 0 Å². The summed E-state index contributed by atoms with van der Waals surface area (Å²) < 4.78 is 0. The fourth-order valence-corrected chi connectivity index (χ4v) is 2.25. The maximum absolute atomic E-state index is 11.8. The van der Waals surface area contributed by atoms with Gasteiger partial charge in [-0.05, 0) is 12.3 Å². The highest BCUT2D eigenvalue weighted by Gasteiger charge is 2.48. The van der Waals surface area contributed by atoms with Crippen molar-refractivity contribution in [1.82, 2.24) is 10.2 Å². The van der Waals surface area contributed by atoms with Crippen LogP contribution in [0.2, 0.25) is 0 Å². The minimum absolute atomic E-state index is 0.0337. The van der Waals surface area contributed by atoms with Crippen LogP contribution in [0.5, 0.6) is 0 Å². The molecule has 1 saturated heterocycles. The van der Waals surface area contributed by atoms with E-state index in [0.717, 1.165) is 0 Å². The Kier molecular flexibility index (Phi) is 4.32. The zero-order chi connectivity index (χ0) is 13.9. The Morgan fingerprint density at radius 1 is 1.39 bits per heavy atom. The number of aliphatic carboxylic acids is 1. The molecule has 2 amide bonds. The van der Waals surface area contributed by atoms with E-state index in [0.29, 0.717) is 13.0 Å². The molecular weight excluding hydrogens is 236 g/mol. The number of carbonyl (C=O) groups excluding carboxylic acids is 2. The highest BCUT2D eigenvalue weighted by Crippen LogP contribution is 2.38. The SMILES string of the molecule is CC(=O)NCC(=O)N1CCC(C(=O)O)(C(C)C)C1. The number of hydrogen-bond donors (Lipinski definition) is 2. The minimum atomic E-state index is -0.855. The maximum Gasteiger partial charge on any atom is 0.311 e. The molecule has 1 aliphatic heterocycles. The molecule has 0 aromatic heterocycles. The van der Waals surface area contributed by atoms with E-state index in [1.165, 1.54) is 11.8 Å². The molecule has 1 unspecified atom stereocenters. The molecule has 1 rings (SSSR count). The number of carboxylic acid groups (broad SMARTS) is 1. The lowest BCUT2D eigenvalue weighted by Gasteiger charge is -2.28. The van der Waals surface area contributed by atoms with Gasteiger partial charge in [0.15, 0.2) is 0 Å². The van der Waals surface area contributed by atoms with Crippen LogP contribution in [0.15, 0.2) is 0 Å². The van der Waals surface area contributed by atoms with Gasteiger partial charge in [0, 0.05) is 20.0 Å². The Morgan fingerprint density at radius 2 is 2.00 bits per heavy atom. The third kappa shape index (κ3) is 2.80. The Labute approximate surface area is 106 Å². The summed E-state index contributed by atoms with van der Waals surface area (Å²) in [7, 11) is 0. The Bertz CT molecular complexity index is 367. The standard InChI is InChI=1S/C12H20N2O4/c1-8(2)12(11(17)18)4-5-14(7-12)10(16)6-13-9(3)15/h8H,4-7H2,1-3H3,(H,13,15)(H,17,18). The van der Waals surface area contributed by atoms with Crippen molar-refractivity contribution in [2.24, 2.45) is 11.3 Å². The van der Waals surface area contributed by atoms with Crippen molar-refractivity contribution in [1.29, 1.82) is 0 Å². The maximum atomic E-state index is 11.8. The first-order chi connectivity index (χ1) is 8.29. The number of hydrogen-bond acceptors (Lipinski definition) is 3. The van der Waals surface area contributed by atoms with Crippen LogP contribution < -0.4 is 5.32 Å². The summed E-state index contributed by atoms with van der Waals surface area (Å²) in [6.07, 6.45) is 0.464. The number of nitrogens with one attached hydrogen (secondary N) is 1. The second-order valence-electron chi connectivity index (χ2n) is 5.09. The van der Waals surface area contributed by atoms with E-state index in [-0.39, 0.29) is 30.8 Å². The molecular formula is C12H20N2O4. The van der Waals surface area contributed by atoms with Crippen LogP contribution >= 0.6 is 0 Å². The molecule has 1 aliphatic rings. The number of rotatable bonds is 4. The van der Waals surface area contributed by atoms with Gasteiger partial charge in [-0.25, -0.2) is 0 Å².